The average Bonchev–Trinajstić information content (AvgIpc) is 2.97. The zero-order valence-electron chi connectivity index (χ0n) is 13.0. The van der Waals surface area contributed by atoms with E-state index in [0.717, 1.165) is 25.6 Å². The van der Waals surface area contributed by atoms with Crippen molar-refractivity contribution in [3.8, 4) is 0 Å². The molecule has 116 valence electrons. The van der Waals surface area contributed by atoms with Crippen LogP contribution in [0.4, 0.5) is 5.69 Å². The van der Waals surface area contributed by atoms with Gasteiger partial charge >= 0.3 is 0 Å². The lowest BCUT2D eigenvalue weighted by atomic mass is 10.2. The minimum absolute atomic E-state index is 0. The fourth-order valence-electron chi connectivity index (χ4n) is 2.21. The highest BCUT2D eigenvalue weighted by Crippen LogP contribution is 2.18. The summed E-state index contributed by atoms with van der Waals surface area (Å²) >= 11 is 0. The average molecular weight is 400 g/mol. The van der Waals surface area contributed by atoms with E-state index in [0.29, 0.717) is 6.04 Å². The number of guanidine groups is 1. The van der Waals surface area contributed by atoms with Gasteiger partial charge in [0.25, 0.3) is 0 Å². The van der Waals surface area contributed by atoms with Crippen LogP contribution in [-0.2, 0) is 6.54 Å². The standard InChI is InChI=1S/C16H24N4.HI/c1-13(2)19-16(17-3)18-12-14-7-6-8-15(11-14)20-9-4-5-10-20;/h4-8,11,13H,9-10,12H2,1-3H3,(H2,17,18,19);1H. The van der Waals surface area contributed by atoms with Crippen LogP contribution in [0, 0.1) is 0 Å². The summed E-state index contributed by atoms with van der Waals surface area (Å²) in [6, 6.07) is 9.04. The summed E-state index contributed by atoms with van der Waals surface area (Å²) in [6.45, 7) is 7.00. The molecule has 2 rings (SSSR count). The van der Waals surface area contributed by atoms with E-state index < -0.39 is 0 Å². The van der Waals surface area contributed by atoms with Crippen molar-refractivity contribution in [2.24, 2.45) is 4.99 Å². The number of rotatable bonds is 4. The maximum absolute atomic E-state index is 4.22. The number of nitrogens with one attached hydrogen (secondary N) is 2. The number of aliphatic imine (C=N–C) groups is 1. The predicted octanol–water partition coefficient (Wildman–Crippen LogP) is 2.75. The first kappa shape index (κ1) is 17.8. The van der Waals surface area contributed by atoms with Crippen LogP contribution in [-0.4, -0.2) is 32.1 Å². The quantitative estimate of drug-likeness (QED) is 0.354. The van der Waals surface area contributed by atoms with Gasteiger partial charge in [-0.3, -0.25) is 4.99 Å². The molecule has 1 aromatic carbocycles. The molecule has 1 heterocycles. The van der Waals surface area contributed by atoms with Crippen molar-refractivity contribution in [3.05, 3.63) is 42.0 Å². The highest BCUT2D eigenvalue weighted by molar-refractivity contribution is 14.0. The van der Waals surface area contributed by atoms with Gasteiger partial charge in [-0.1, -0.05) is 24.3 Å². The number of hydrogen-bond donors (Lipinski definition) is 2. The van der Waals surface area contributed by atoms with E-state index in [-0.39, 0.29) is 24.0 Å². The third-order valence-corrected chi connectivity index (χ3v) is 3.20. The van der Waals surface area contributed by atoms with E-state index in [4.69, 9.17) is 0 Å². The number of benzene rings is 1. The number of hydrogen-bond acceptors (Lipinski definition) is 2. The zero-order valence-corrected chi connectivity index (χ0v) is 15.3. The summed E-state index contributed by atoms with van der Waals surface area (Å²) in [6.07, 6.45) is 4.42. The molecule has 0 radical (unpaired) electrons. The first-order valence-corrected chi connectivity index (χ1v) is 7.15. The molecule has 0 amide bonds. The van der Waals surface area contributed by atoms with Gasteiger partial charge in [-0.05, 0) is 31.5 Å². The summed E-state index contributed by atoms with van der Waals surface area (Å²) < 4.78 is 0. The van der Waals surface area contributed by atoms with Crippen molar-refractivity contribution >= 4 is 35.6 Å². The van der Waals surface area contributed by atoms with Gasteiger partial charge in [0.05, 0.1) is 0 Å². The summed E-state index contributed by atoms with van der Waals surface area (Å²) in [7, 11) is 1.80. The van der Waals surface area contributed by atoms with Gasteiger partial charge in [0, 0.05) is 38.4 Å². The fraction of sp³-hybridized carbons (Fsp3) is 0.438. The highest BCUT2D eigenvalue weighted by atomic mass is 127. The molecule has 4 nitrogen and oxygen atoms in total. The Morgan fingerprint density at radius 1 is 1.29 bits per heavy atom. The smallest absolute Gasteiger partial charge is 0.191 e. The lowest BCUT2D eigenvalue weighted by Gasteiger charge is -2.19. The van der Waals surface area contributed by atoms with Crippen molar-refractivity contribution in [2.75, 3.05) is 25.0 Å². The molecule has 5 heteroatoms. The topological polar surface area (TPSA) is 39.7 Å². The van der Waals surface area contributed by atoms with Gasteiger partial charge in [-0.15, -0.1) is 24.0 Å². The number of halogens is 1. The van der Waals surface area contributed by atoms with Gasteiger partial charge in [0.2, 0.25) is 0 Å². The van der Waals surface area contributed by atoms with Crippen molar-refractivity contribution in [1.29, 1.82) is 0 Å². The fourth-order valence-corrected chi connectivity index (χ4v) is 2.21. The van der Waals surface area contributed by atoms with Crippen LogP contribution >= 0.6 is 24.0 Å². The molecule has 0 saturated carbocycles. The second kappa shape index (κ2) is 8.92. The molecular formula is C16H25IN4. The number of anilines is 1. The Hall–Kier alpha value is -1.24. The molecule has 0 unspecified atom stereocenters. The Balaban J connectivity index is 0.00000220. The first-order chi connectivity index (χ1) is 9.69. The molecule has 1 aromatic rings. The normalized spacial score (nSPS) is 14.3. The third-order valence-electron chi connectivity index (χ3n) is 3.20. The molecule has 0 bridgehead atoms. The minimum Gasteiger partial charge on any atom is -0.364 e. The van der Waals surface area contributed by atoms with Crippen molar-refractivity contribution in [3.63, 3.8) is 0 Å². The summed E-state index contributed by atoms with van der Waals surface area (Å²) in [5, 5.41) is 6.63. The third kappa shape index (κ3) is 5.57. The maximum Gasteiger partial charge on any atom is 0.191 e. The van der Waals surface area contributed by atoms with Crippen LogP contribution in [0.15, 0.2) is 41.4 Å². The van der Waals surface area contributed by atoms with Crippen molar-refractivity contribution in [1.82, 2.24) is 10.6 Å². The Morgan fingerprint density at radius 3 is 2.62 bits per heavy atom. The molecule has 0 fully saturated rings. The van der Waals surface area contributed by atoms with E-state index in [2.05, 4.69) is 70.8 Å². The van der Waals surface area contributed by atoms with E-state index in [9.17, 15) is 0 Å². The van der Waals surface area contributed by atoms with Crippen LogP contribution in [0.25, 0.3) is 0 Å². The maximum atomic E-state index is 4.22. The summed E-state index contributed by atoms with van der Waals surface area (Å²) in [5.74, 6) is 0.841. The van der Waals surface area contributed by atoms with Crippen LogP contribution in [0.3, 0.4) is 0 Å². The highest BCUT2D eigenvalue weighted by Gasteiger charge is 2.08. The first-order valence-electron chi connectivity index (χ1n) is 7.15. The molecule has 0 aromatic heterocycles. The van der Waals surface area contributed by atoms with Gasteiger partial charge in [-0.25, -0.2) is 0 Å². The molecule has 0 atom stereocenters. The Morgan fingerprint density at radius 2 is 2.00 bits per heavy atom. The second-order valence-corrected chi connectivity index (χ2v) is 5.27. The minimum atomic E-state index is 0. The van der Waals surface area contributed by atoms with E-state index in [1.54, 1.807) is 7.05 Å². The molecule has 0 spiro atoms. The second-order valence-electron chi connectivity index (χ2n) is 5.27. The van der Waals surface area contributed by atoms with E-state index in [1.807, 2.05) is 0 Å². The molecule has 0 aliphatic carbocycles. The van der Waals surface area contributed by atoms with Crippen LogP contribution < -0.4 is 15.5 Å². The SMILES string of the molecule is CN=C(NCc1cccc(N2CC=CC2)c1)NC(C)C.I. The predicted molar refractivity (Wildman–Crippen MR) is 102 cm³/mol. The molecule has 21 heavy (non-hydrogen) atoms. The lowest BCUT2D eigenvalue weighted by molar-refractivity contribution is 0.699. The lowest BCUT2D eigenvalue weighted by Crippen LogP contribution is -2.40. The van der Waals surface area contributed by atoms with Crippen LogP contribution in [0.1, 0.15) is 19.4 Å². The largest absolute Gasteiger partial charge is 0.364 e. The zero-order chi connectivity index (χ0) is 14.4. The molecule has 2 N–H and O–H groups in total. The molecule has 1 aliphatic rings. The van der Waals surface area contributed by atoms with Crippen LogP contribution in [0.2, 0.25) is 0 Å². The van der Waals surface area contributed by atoms with Gasteiger partial charge < -0.3 is 15.5 Å². The molecular weight excluding hydrogens is 375 g/mol. The van der Waals surface area contributed by atoms with Crippen molar-refractivity contribution < 1.29 is 0 Å². The summed E-state index contributed by atoms with van der Waals surface area (Å²) in [5.41, 5.74) is 2.54. The van der Waals surface area contributed by atoms with Crippen molar-refractivity contribution in [2.45, 2.75) is 26.4 Å². The van der Waals surface area contributed by atoms with Crippen LogP contribution in [0.5, 0.6) is 0 Å². The Kier molecular flexibility index (Phi) is 7.56. The number of nitrogens with zero attached hydrogens (tertiary/aromatic N) is 2. The molecule has 0 saturated heterocycles. The van der Waals surface area contributed by atoms with Gasteiger partial charge in [0.1, 0.15) is 0 Å². The molecule has 1 aliphatic heterocycles. The monoisotopic (exact) mass is 400 g/mol. The summed E-state index contributed by atoms with van der Waals surface area (Å²) in [4.78, 5) is 6.57. The van der Waals surface area contributed by atoms with Gasteiger partial charge in [-0.2, -0.15) is 0 Å². The Labute approximate surface area is 144 Å². The van der Waals surface area contributed by atoms with Gasteiger partial charge in [0.15, 0.2) is 5.96 Å². The Bertz CT molecular complexity index is 489. The van der Waals surface area contributed by atoms with E-state index in [1.165, 1.54) is 11.3 Å². The van der Waals surface area contributed by atoms with E-state index >= 15 is 0 Å².